The van der Waals surface area contributed by atoms with Gasteiger partial charge in [0.2, 0.25) is 0 Å². The van der Waals surface area contributed by atoms with Gasteiger partial charge >= 0.3 is 0 Å². The Labute approximate surface area is 332 Å². The minimum Gasteiger partial charge on any atom is -0.344 e. The summed E-state index contributed by atoms with van der Waals surface area (Å²) in [6.07, 6.45) is 0. The normalized spacial score (nSPS) is 11.9. The Hall–Kier alpha value is -8.06. The largest absolute Gasteiger partial charge is 0.344 e. The fraction of sp³-hybridized carbons (Fsp3) is 0.0385. The van der Waals surface area contributed by atoms with Gasteiger partial charge in [0, 0.05) is 68.2 Å². The maximum atomic E-state index is 11.7. The predicted octanol–water partition coefficient (Wildman–Crippen LogP) is 12.6. The lowest BCUT2D eigenvalue weighted by Gasteiger charge is -2.19. The summed E-state index contributed by atoms with van der Waals surface area (Å²) in [6.45, 7) is 0. The van der Waals surface area contributed by atoms with Gasteiger partial charge in [-0.25, -0.2) is 0 Å². The van der Waals surface area contributed by atoms with Gasteiger partial charge < -0.3 is 18.3 Å². The lowest BCUT2D eigenvalue weighted by atomic mass is 9.98. The Kier molecular flexibility index (Phi) is 6.51. The van der Waals surface area contributed by atoms with E-state index in [9.17, 15) is 10.5 Å². The maximum absolute atomic E-state index is 11.7. The van der Waals surface area contributed by atoms with Crippen LogP contribution in [0.2, 0.25) is 0 Å². The molecule has 6 heteroatoms. The smallest absolute Gasteiger partial charge is 0.104 e. The number of hydrogen-bond donors (Lipinski definition) is 0. The second kappa shape index (κ2) is 11.7. The summed E-state index contributed by atoms with van der Waals surface area (Å²) in [5.41, 5.74) is 13.2. The third kappa shape index (κ3) is 4.13. The maximum Gasteiger partial charge on any atom is 0.104 e. The highest BCUT2D eigenvalue weighted by Gasteiger charge is 2.26. The highest BCUT2D eigenvalue weighted by molar-refractivity contribution is 6.27. The molecule has 0 radical (unpaired) electrons. The van der Waals surface area contributed by atoms with E-state index < -0.39 is 0 Å². The van der Waals surface area contributed by atoms with E-state index in [1.54, 1.807) is 0 Å². The summed E-state index contributed by atoms with van der Waals surface area (Å²) in [7, 11) is 4.25. The molecular weight excluding hydrogens is 709 g/mol. The first-order chi connectivity index (χ1) is 28.6. The van der Waals surface area contributed by atoms with Gasteiger partial charge in [-0.05, 0) is 71.8 Å². The number of benzene rings is 8. The van der Waals surface area contributed by atoms with Crippen LogP contribution in [0, 0.1) is 22.7 Å². The lowest BCUT2D eigenvalue weighted by molar-refractivity contribution is 1.01. The van der Waals surface area contributed by atoms with Gasteiger partial charge in [0.15, 0.2) is 0 Å². The minimum absolute atomic E-state index is 0.556. The molecule has 4 heterocycles. The molecule has 0 aliphatic rings. The zero-order chi connectivity index (χ0) is 38.8. The highest BCUT2D eigenvalue weighted by Crippen LogP contribution is 2.45. The number of aryl methyl sites for hydroxylation is 2. The summed E-state index contributed by atoms with van der Waals surface area (Å²) >= 11 is 0. The second-order valence-corrected chi connectivity index (χ2v) is 15.3. The SMILES string of the molecule is Cn1c2ccccc2c2c1ccc1c3ccccc3n(-c3cc(-c4cccc(C#N)c4)cc(-n4c5ccccc5c5ccc6c(c7ccccc7n6C)c54)c3C#N)c12. The number of rotatable bonds is 3. The van der Waals surface area contributed by atoms with Crippen molar-refractivity contribution in [2.45, 2.75) is 0 Å². The standard InChI is InChI=1S/C52H32N6/c1-55-41-18-7-5-16-38(41)49-45(55)24-22-36-34-14-3-9-20-43(34)57(51(36)49)47-27-33(32-13-11-12-31(26-32)29-53)28-48(40(47)30-54)58-44-21-10-4-15-35(44)37-23-25-46-50(52(37)58)39-17-6-8-19-42(39)56(46)2/h3-28H,1-2H3. The fourth-order valence-corrected chi connectivity index (χ4v) is 9.91. The molecule has 0 saturated carbocycles. The van der Waals surface area contributed by atoms with Crippen LogP contribution in [0.4, 0.5) is 0 Å². The van der Waals surface area contributed by atoms with Crippen molar-refractivity contribution in [3.8, 4) is 34.6 Å². The van der Waals surface area contributed by atoms with E-state index in [-0.39, 0.29) is 0 Å². The fourth-order valence-electron chi connectivity index (χ4n) is 9.91. The molecule has 0 unspecified atom stereocenters. The Morgan fingerprint density at radius 1 is 0.379 bits per heavy atom. The average molecular weight is 741 g/mol. The van der Waals surface area contributed by atoms with E-state index in [1.165, 1.54) is 0 Å². The van der Waals surface area contributed by atoms with Crippen molar-refractivity contribution in [2.75, 3.05) is 0 Å². The van der Waals surface area contributed by atoms with Crippen molar-refractivity contribution in [2.24, 2.45) is 14.1 Å². The van der Waals surface area contributed by atoms with E-state index in [1.807, 2.05) is 18.2 Å². The van der Waals surface area contributed by atoms with Crippen LogP contribution < -0.4 is 0 Å². The number of nitriles is 2. The van der Waals surface area contributed by atoms with Gasteiger partial charge in [-0.2, -0.15) is 10.5 Å². The molecule has 4 aromatic heterocycles. The topological polar surface area (TPSA) is 67.3 Å². The monoisotopic (exact) mass is 740 g/mol. The molecule has 8 aromatic carbocycles. The molecule has 58 heavy (non-hydrogen) atoms. The quantitative estimate of drug-likeness (QED) is 0.181. The van der Waals surface area contributed by atoms with Crippen molar-refractivity contribution < 1.29 is 0 Å². The summed E-state index contributed by atoms with van der Waals surface area (Å²) in [5, 5.41) is 30.8. The first kappa shape index (κ1) is 32.2. The van der Waals surface area contributed by atoms with Crippen LogP contribution in [0.25, 0.3) is 110 Å². The number of para-hydroxylation sites is 4. The zero-order valence-electron chi connectivity index (χ0n) is 31.7. The van der Waals surface area contributed by atoms with Crippen LogP contribution in [0.3, 0.4) is 0 Å². The lowest BCUT2D eigenvalue weighted by Crippen LogP contribution is -2.05. The number of fused-ring (bicyclic) bond motifs is 14. The molecule has 12 rings (SSSR count). The second-order valence-electron chi connectivity index (χ2n) is 15.3. The van der Waals surface area contributed by atoms with Crippen molar-refractivity contribution in [1.82, 2.24) is 18.3 Å². The molecule has 0 amide bonds. The number of hydrogen-bond acceptors (Lipinski definition) is 2. The zero-order valence-corrected chi connectivity index (χ0v) is 31.7. The molecule has 0 N–H and O–H groups in total. The summed E-state index contributed by atoms with van der Waals surface area (Å²) in [4.78, 5) is 0. The van der Waals surface area contributed by atoms with Gasteiger partial charge in [-0.3, -0.25) is 0 Å². The van der Waals surface area contributed by atoms with Crippen molar-refractivity contribution in [3.63, 3.8) is 0 Å². The minimum atomic E-state index is 0.556. The highest BCUT2D eigenvalue weighted by atomic mass is 15.0. The van der Waals surface area contributed by atoms with Gasteiger partial charge in [-0.15, -0.1) is 0 Å². The Morgan fingerprint density at radius 2 is 0.845 bits per heavy atom. The van der Waals surface area contributed by atoms with Gasteiger partial charge in [-0.1, -0.05) is 97.1 Å². The van der Waals surface area contributed by atoms with Crippen LogP contribution in [0.5, 0.6) is 0 Å². The summed E-state index contributed by atoms with van der Waals surface area (Å²) in [5.74, 6) is 0. The van der Waals surface area contributed by atoms with Crippen molar-refractivity contribution >= 4 is 87.2 Å². The molecule has 0 saturated heterocycles. The molecule has 0 atom stereocenters. The molecular formula is C52H32N6. The number of nitrogens with zero attached hydrogens (tertiary/aromatic N) is 6. The van der Waals surface area contributed by atoms with Gasteiger partial charge in [0.25, 0.3) is 0 Å². The predicted molar refractivity (Wildman–Crippen MR) is 238 cm³/mol. The van der Waals surface area contributed by atoms with Crippen LogP contribution in [0.15, 0.2) is 158 Å². The third-order valence-corrected chi connectivity index (χ3v) is 12.4. The van der Waals surface area contributed by atoms with E-state index in [0.717, 1.165) is 110 Å². The molecule has 0 aliphatic heterocycles. The van der Waals surface area contributed by atoms with Crippen molar-refractivity contribution in [1.29, 1.82) is 10.5 Å². The van der Waals surface area contributed by atoms with Gasteiger partial charge in [0.1, 0.15) is 11.6 Å². The molecule has 12 aromatic rings. The van der Waals surface area contributed by atoms with Crippen LogP contribution in [-0.4, -0.2) is 18.3 Å². The van der Waals surface area contributed by atoms with Crippen LogP contribution >= 0.6 is 0 Å². The van der Waals surface area contributed by atoms with Crippen LogP contribution in [-0.2, 0) is 14.1 Å². The van der Waals surface area contributed by atoms with E-state index >= 15 is 0 Å². The van der Waals surface area contributed by atoms with Gasteiger partial charge in [0.05, 0.1) is 56.1 Å². The first-order valence-corrected chi connectivity index (χ1v) is 19.4. The summed E-state index contributed by atoms with van der Waals surface area (Å²) < 4.78 is 9.17. The molecule has 0 aliphatic carbocycles. The Morgan fingerprint density at radius 3 is 1.33 bits per heavy atom. The molecule has 0 fully saturated rings. The van der Waals surface area contributed by atoms with E-state index in [2.05, 4.69) is 184 Å². The molecule has 6 nitrogen and oxygen atoms in total. The van der Waals surface area contributed by atoms with E-state index in [0.29, 0.717) is 11.1 Å². The average Bonchev–Trinajstić information content (AvgIpc) is 3.98. The Bertz CT molecular complexity index is 3640. The first-order valence-electron chi connectivity index (χ1n) is 19.4. The number of aromatic nitrogens is 4. The molecule has 270 valence electrons. The Balaban J connectivity index is 1.32. The van der Waals surface area contributed by atoms with Crippen molar-refractivity contribution in [3.05, 3.63) is 169 Å². The van der Waals surface area contributed by atoms with Crippen LogP contribution in [0.1, 0.15) is 11.1 Å². The third-order valence-electron chi connectivity index (χ3n) is 12.4. The summed E-state index contributed by atoms with van der Waals surface area (Å²) in [6, 6.07) is 60.3. The molecule has 0 spiro atoms. The van der Waals surface area contributed by atoms with E-state index in [4.69, 9.17) is 0 Å². The molecule has 0 bridgehead atoms.